The normalized spacial score (nSPS) is 12.9. The van der Waals surface area contributed by atoms with Crippen LogP contribution >= 0.6 is 0 Å². The van der Waals surface area contributed by atoms with Gasteiger partial charge >= 0.3 is 0 Å². The molecule has 0 amide bonds. The van der Waals surface area contributed by atoms with Gasteiger partial charge in [0.25, 0.3) is 0 Å². The fourth-order valence-electron chi connectivity index (χ4n) is 0.905. The molecule has 0 fully saturated rings. The molecule has 1 atom stereocenters. The fraction of sp³-hybridized carbons (Fsp3) is 0.556. The number of aryl methyl sites for hydroxylation is 2. The molecule has 3 heteroatoms. The number of aliphatic hydroxyl groups is 1. The first-order valence-corrected chi connectivity index (χ1v) is 4.14. The maximum atomic E-state index is 9.02. The monoisotopic (exact) mass is 166 g/mol. The lowest BCUT2D eigenvalue weighted by Crippen LogP contribution is -2.03. The van der Waals surface area contributed by atoms with Gasteiger partial charge in [-0.3, -0.25) is 9.97 Å². The first kappa shape index (κ1) is 9.13. The summed E-state index contributed by atoms with van der Waals surface area (Å²) in [5.74, 6) is 0. The van der Waals surface area contributed by atoms with Crippen molar-refractivity contribution in [2.24, 2.45) is 0 Å². The minimum absolute atomic E-state index is 0.256. The number of nitrogens with zero attached hydrogens (tertiary/aromatic N) is 2. The van der Waals surface area contributed by atoms with Crippen molar-refractivity contribution >= 4 is 0 Å². The van der Waals surface area contributed by atoms with Crippen LogP contribution in [0, 0.1) is 6.92 Å². The number of hydrogen-bond donors (Lipinski definition) is 1. The van der Waals surface area contributed by atoms with Gasteiger partial charge < -0.3 is 5.11 Å². The molecular weight excluding hydrogens is 152 g/mol. The molecule has 12 heavy (non-hydrogen) atoms. The lowest BCUT2D eigenvalue weighted by Gasteiger charge is -2.02. The van der Waals surface area contributed by atoms with Gasteiger partial charge in [0.15, 0.2) is 0 Å². The van der Waals surface area contributed by atoms with Gasteiger partial charge in [-0.05, 0) is 26.7 Å². The minimum Gasteiger partial charge on any atom is -0.393 e. The molecule has 0 saturated heterocycles. The summed E-state index contributed by atoms with van der Waals surface area (Å²) in [6, 6.07) is 0. The second-order valence-corrected chi connectivity index (χ2v) is 3.04. The van der Waals surface area contributed by atoms with Crippen LogP contribution in [0.4, 0.5) is 0 Å². The molecule has 1 N–H and O–H groups in total. The highest BCUT2D eigenvalue weighted by atomic mass is 16.3. The third kappa shape index (κ3) is 2.96. The number of rotatable bonds is 3. The predicted octanol–water partition coefficient (Wildman–Crippen LogP) is 1.10. The summed E-state index contributed by atoms with van der Waals surface area (Å²) in [7, 11) is 0. The first-order valence-electron chi connectivity index (χ1n) is 4.14. The van der Waals surface area contributed by atoms with E-state index in [1.165, 1.54) is 0 Å². The molecule has 1 rings (SSSR count). The zero-order chi connectivity index (χ0) is 8.97. The van der Waals surface area contributed by atoms with E-state index < -0.39 is 0 Å². The smallest absolute Gasteiger partial charge is 0.0587 e. The third-order valence-electron chi connectivity index (χ3n) is 1.65. The number of aliphatic hydroxyl groups excluding tert-OH is 1. The molecule has 3 nitrogen and oxygen atoms in total. The van der Waals surface area contributed by atoms with Crippen molar-refractivity contribution in [3.05, 3.63) is 23.8 Å². The molecule has 0 bridgehead atoms. The molecule has 1 heterocycles. The minimum atomic E-state index is -0.256. The van der Waals surface area contributed by atoms with E-state index in [1.807, 2.05) is 6.92 Å². The van der Waals surface area contributed by atoms with Gasteiger partial charge in [0, 0.05) is 12.4 Å². The van der Waals surface area contributed by atoms with E-state index in [0.29, 0.717) is 0 Å². The standard InChI is InChI=1S/C9H14N2O/c1-7-5-11-9(6-10-7)4-3-8(2)12/h5-6,8,12H,3-4H2,1-2H3/t8-/m1/s1. The van der Waals surface area contributed by atoms with Crippen LogP contribution in [0.3, 0.4) is 0 Å². The molecule has 0 aliphatic rings. The maximum absolute atomic E-state index is 9.02. The Morgan fingerprint density at radius 2 is 2.17 bits per heavy atom. The van der Waals surface area contributed by atoms with Gasteiger partial charge in [0.2, 0.25) is 0 Å². The van der Waals surface area contributed by atoms with Crippen LogP contribution in [0.15, 0.2) is 12.4 Å². The summed E-state index contributed by atoms with van der Waals surface area (Å²) in [6.45, 7) is 3.69. The lowest BCUT2D eigenvalue weighted by molar-refractivity contribution is 0.184. The van der Waals surface area contributed by atoms with Gasteiger partial charge in [-0.25, -0.2) is 0 Å². The molecule has 0 aliphatic carbocycles. The quantitative estimate of drug-likeness (QED) is 0.731. The van der Waals surface area contributed by atoms with Crippen LogP contribution in [0.1, 0.15) is 24.7 Å². The van der Waals surface area contributed by atoms with Crippen molar-refractivity contribution in [2.45, 2.75) is 32.8 Å². The van der Waals surface area contributed by atoms with Crippen molar-refractivity contribution in [1.82, 2.24) is 9.97 Å². The Hall–Kier alpha value is -0.960. The summed E-state index contributed by atoms with van der Waals surface area (Å²) in [6.07, 6.45) is 4.80. The van der Waals surface area contributed by atoms with Crippen molar-refractivity contribution < 1.29 is 5.11 Å². The molecule has 0 radical (unpaired) electrons. The second kappa shape index (κ2) is 4.16. The van der Waals surface area contributed by atoms with Crippen molar-refractivity contribution in [1.29, 1.82) is 0 Å². The Labute approximate surface area is 72.5 Å². The molecule has 0 unspecified atom stereocenters. The fourth-order valence-corrected chi connectivity index (χ4v) is 0.905. The molecule has 0 spiro atoms. The topological polar surface area (TPSA) is 46.0 Å². The molecule has 0 aromatic carbocycles. The van der Waals surface area contributed by atoms with Crippen LogP contribution in [-0.4, -0.2) is 21.2 Å². The molecule has 1 aromatic rings. The van der Waals surface area contributed by atoms with Crippen LogP contribution in [0.2, 0.25) is 0 Å². The van der Waals surface area contributed by atoms with Crippen LogP contribution in [0.5, 0.6) is 0 Å². The third-order valence-corrected chi connectivity index (χ3v) is 1.65. The van der Waals surface area contributed by atoms with Crippen molar-refractivity contribution in [3.8, 4) is 0 Å². The Morgan fingerprint density at radius 1 is 1.42 bits per heavy atom. The Morgan fingerprint density at radius 3 is 2.67 bits per heavy atom. The average Bonchev–Trinajstić information content (AvgIpc) is 2.03. The summed E-state index contributed by atoms with van der Waals surface area (Å²) in [5, 5.41) is 9.02. The van der Waals surface area contributed by atoms with Gasteiger partial charge in [0.1, 0.15) is 0 Å². The van der Waals surface area contributed by atoms with Crippen molar-refractivity contribution in [2.75, 3.05) is 0 Å². The van der Waals surface area contributed by atoms with Crippen molar-refractivity contribution in [3.63, 3.8) is 0 Å². The highest BCUT2D eigenvalue weighted by Gasteiger charge is 1.98. The van der Waals surface area contributed by atoms with E-state index in [4.69, 9.17) is 5.11 Å². The SMILES string of the molecule is Cc1cnc(CC[C@@H](C)O)cn1. The van der Waals surface area contributed by atoms with E-state index in [2.05, 4.69) is 9.97 Å². The Balaban J connectivity index is 2.48. The molecule has 0 saturated carbocycles. The molecular formula is C9H14N2O. The second-order valence-electron chi connectivity index (χ2n) is 3.04. The molecule has 1 aromatic heterocycles. The summed E-state index contributed by atoms with van der Waals surface area (Å²) in [5.41, 5.74) is 1.87. The maximum Gasteiger partial charge on any atom is 0.0587 e. The van der Waals surface area contributed by atoms with E-state index in [0.717, 1.165) is 24.2 Å². The van der Waals surface area contributed by atoms with Crippen LogP contribution < -0.4 is 0 Å². The van der Waals surface area contributed by atoms with Gasteiger partial charge in [-0.1, -0.05) is 0 Å². The van der Waals surface area contributed by atoms with Crippen LogP contribution in [0.25, 0.3) is 0 Å². The van der Waals surface area contributed by atoms with E-state index in [-0.39, 0.29) is 6.10 Å². The van der Waals surface area contributed by atoms with E-state index >= 15 is 0 Å². The summed E-state index contributed by atoms with van der Waals surface area (Å²) < 4.78 is 0. The Kier molecular flexibility index (Phi) is 3.17. The van der Waals surface area contributed by atoms with Gasteiger partial charge in [-0.15, -0.1) is 0 Å². The lowest BCUT2D eigenvalue weighted by atomic mass is 10.2. The largest absolute Gasteiger partial charge is 0.393 e. The Bertz CT molecular complexity index is 231. The highest BCUT2D eigenvalue weighted by molar-refractivity contribution is 5.00. The average molecular weight is 166 g/mol. The first-order chi connectivity index (χ1) is 5.68. The van der Waals surface area contributed by atoms with E-state index in [9.17, 15) is 0 Å². The predicted molar refractivity (Wildman–Crippen MR) is 46.8 cm³/mol. The number of aromatic nitrogens is 2. The van der Waals surface area contributed by atoms with Crippen LogP contribution in [-0.2, 0) is 6.42 Å². The van der Waals surface area contributed by atoms with Gasteiger partial charge in [0.05, 0.1) is 17.5 Å². The molecule has 66 valence electrons. The molecule has 0 aliphatic heterocycles. The zero-order valence-corrected chi connectivity index (χ0v) is 7.49. The van der Waals surface area contributed by atoms with E-state index in [1.54, 1.807) is 19.3 Å². The van der Waals surface area contributed by atoms with Gasteiger partial charge in [-0.2, -0.15) is 0 Å². The summed E-state index contributed by atoms with van der Waals surface area (Å²) >= 11 is 0. The zero-order valence-electron chi connectivity index (χ0n) is 7.49. The number of hydrogen-bond acceptors (Lipinski definition) is 3. The highest BCUT2D eigenvalue weighted by Crippen LogP contribution is 2.00. The summed E-state index contributed by atoms with van der Waals surface area (Å²) in [4.78, 5) is 8.29.